The van der Waals surface area contributed by atoms with Crippen molar-refractivity contribution in [2.75, 3.05) is 19.6 Å². The quantitative estimate of drug-likeness (QED) is 0.395. The van der Waals surface area contributed by atoms with Gasteiger partial charge in [0.1, 0.15) is 6.54 Å². The molecule has 1 amide bonds. The number of piperidine rings is 1. The smallest absolute Gasteiger partial charge is 0.317 e. The summed E-state index contributed by atoms with van der Waals surface area (Å²) in [5.41, 5.74) is 0.660. The van der Waals surface area contributed by atoms with Crippen LogP contribution in [0.5, 0.6) is 0 Å². The zero-order valence-electron chi connectivity index (χ0n) is 19.5. The molecule has 1 unspecified atom stereocenters. The molecule has 1 N–H and O–H groups in total. The van der Waals surface area contributed by atoms with Gasteiger partial charge < -0.3 is 10.2 Å². The number of nitrogens with one attached hydrogen (secondary N) is 1. The number of fused-ring (bicyclic) bond motifs is 1. The highest BCUT2D eigenvalue weighted by Crippen LogP contribution is 2.16. The normalized spacial score (nSPS) is 16.6. The van der Waals surface area contributed by atoms with Gasteiger partial charge in [-0.1, -0.05) is 42.3 Å². The van der Waals surface area contributed by atoms with Crippen LogP contribution in [0.3, 0.4) is 0 Å². The predicted octanol–water partition coefficient (Wildman–Crippen LogP) is 3.25. The number of hydrogen-bond donors (Lipinski definition) is 1. The minimum atomic E-state index is -0.704. The standard InChI is InChI=1S/C26H31ClN4O3/c1-19-7-4-5-15-29(19)16-6-14-28-24(32)18-31-23-9-3-2-8-22(23)30(25(33)26(31)34)17-20-10-12-21(27)13-11-20/h2-3,8-13,19H,4-7,14-18H2,1H3,(H,28,32). The summed E-state index contributed by atoms with van der Waals surface area (Å²) >= 11 is 5.96. The molecule has 2 aromatic carbocycles. The second-order valence-corrected chi connectivity index (χ2v) is 9.42. The lowest BCUT2D eigenvalue weighted by Crippen LogP contribution is -2.44. The van der Waals surface area contributed by atoms with Crippen LogP contribution in [0.4, 0.5) is 0 Å². The van der Waals surface area contributed by atoms with E-state index in [1.165, 1.54) is 28.4 Å². The Hall–Kier alpha value is -2.90. The Balaban J connectivity index is 1.48. The van der Waals surface area contributed by atoms with Crippen molar-refractivity contribution in [1.29, 1.82) is 0 Å². The molecule has 34 heavy (non-hydrogen) atoms. The number of rotatable bonds is 8. The van der Waals surface area contributed by atoms with Crippen molar-refractivity contribution in [2.45, 2.75) is 51.7 Å². The van der Waals surface area contributed by atoms with Gasteiger partial charge >= 0.3 is 11.1 Å². The van der Waals surface area contributed by atoms with E-state index in [1.807, 2.05) is 18.2 Å². The van der Waals surface area contributed by atoms with Crippen molar-refractivity contribution in [1.82, 2.24) is 19.4 Å². The lowest BCUT2D eigenvalue weighted by atomic mass is 10.0. The molecular weight excluding hydrogens is 452 g/mol. The summed E-state index contributed by atoms with van der Waals surface area (Å²) in [5.74, 6) is -0.270. The molecule has 1 aliphatic rings. The van der Waals surface area contributed by atoms with E-state index in [4.69, 9.17) is 11.6 Å². The summed E-state index contributed by atoms with van der Waals surface area (Å²) in [6, 6.07) is 14.9. The number of para-hydroxylation sites is 2. The second kappa shape index (κ2) is 11.0. The van der Waals surface area contributed by atoms with Crippen LogP contribution in [0.15, 0.2) is 58.1 Å². The summed E-state index contributed by atoms with van der Waals surface area (Å²) in [6.45, 7) is 4.92. The SMILES string of the molecule is CC1CCCCN1CCCNC(=O)Cn1c(=O)c(=O)n(Cc2ccc(Cl)cc2)c2ccccc21. The molecular formula is C26H31ClN4O3. The highest BCUT2D eigenvalue weighted by atomic mass is 35.5. The molecule has 8 heteroatoms. The van der Waals surface area contributed by atoms with Crippen molar-refractivity contribution < 1.29 is 4.79 Å². The summed E-state index contributed by atoms with van der Waals surface area (Å²) in [7, 11) is 0. The Morgan fingerprint density at radius 3 is 2.38 bits per heavy atom. The molecule has 1 saturated heterocycles. The number of hydrogen-bond acceptors (Lipinski definition) is 4. The molecule has 0 radical (unpaired) electrons. The van der Waals surface area contributed by atoms with Crippen molar-refractivity contribution in [3.63, 3.8) is 0 Å². The van der Waals surface area contributed by atoms with Gasteiger partial charge in [0.25, 0.3) is 0 Å². The fourth-order valence-electron chi connectivity index (χ4n) is 4.66. The molecule has 0 spiro atoms. The topological polar surface area (TPSA) is 76.3 Å². The lowest BCUT2D eigenvalue weighted by Gasteiger charge is -2.33. The van der Waals surface area contributed by atoms with Crippen LogP contribution >= 0.6 is 11.6 Å². The molecule has 180 valence electrons. The maximum absolute atomic E-state index is 13.0. The number of likely N-dealkylation sites (tertiary alicyclic amines) is 1. The van der Waals surface area contributed by atoms with Crippen molar-refractivity contribution >= 4 is 28.5 Å². The second-order valence-electron chi connectivity index (χ2n) is 8.98. The van der Waals surface area contributed by atoms with E-state index in [0.29, 0.717) is 28.6 Å². The fourth-order valence-corrected chi connectivity index (χ4v) is 4.78. The largest absolute Gasteiger partial charge is 0.355 e. The van der Waals surface area contributed by atoms with Gasteiger partial charge in [-0.2, -0.15) is 0 Å². The van der Waals surface area contributed by atoms with Crippen LogP contribution in [-0.2, 0) is 17.9 Å². The number of halogens is 1. The summed E-state index contributed by atoms with van der Waals surface area (Å²) < 4.78 is 2.73. The molecule has 1 atom stereocenters. The predicted molar refractivity (Wildman–Crippen MR) is 136 cm³/mol. The molecule has 7 nitrogen and oxygen atoms in total. The van der Waals surface area contributed by atoms with Gasteiger partial charge in [0.05, 0.1) is 17.6 Å². The molecule has 0 aliphatic carbocycles. The molecule has 0 bridgehead atoms. The third-order valence-electron chi connectivity index (χ3n) is 6.58. The van der Waals surface area contributed by atoms with Crippen molar-refractivity contribution in [2.24, 2.45) is 0 Å². The Morgan fingerprint density at radius 2 is 1.68 bits per heavy atom. The van der Waals surface area contributed by atoms with E-state index in [-0.39, 0.29) is 19.0 Å². The highest BCUT2D eigenvalue weighted by molar-refractivity contribution is 6.30. The molecule has 1 fully saturated rings. The summed E-state index contributed by atoms with van der Waals surface area (Å²) in [5, 5.41) is 3.51. The van der Waals surface area contributed by atoms with Crippen molar-refractivity contribution in [3.8, 4) is 0 Å². The third-order valence-corrected chi connectivity index (χ3v) is 6.83. The average Bonchev–Trinajstić information content (AvgIpc) is 2.84. The lowest BCUT2D eigenvalue weighted by molar-refractivity contribution is -0.121. The Labute approximate surface area is 204 Å². The van der Waals surface area contributed by atoms with E-state index in [1.54, 1.807) is 30.3 Å². The average molecular weight is 483 g/mol. The van der Waals surface area contributed by atoms with Gasteiger partial charge in [0.15, 0.2) is 0 Å². The molecule has 1 aliphatic heterocycles. The zero-order chi connectivity index (χ0) is 24.1. The number of aromatic nitrogens is 2. The van der Waals surface area contributed by atoms with Gasteiger partial charge in [-0.25, -0.2) is 0 Å². The number of benzene rings is 2. The van der Waals surface area contributed by atoms with Crippen LogP contribution in [-0.4, -0.2) is 45.6 Å². The first kappa shape index (κ1) is 24.2. The number of carbonyl (C=O) groups excluding carboxylic acids is 1. The van der Waals surface area contributed by atoms with E-state index < -0.39 is 11.1 Å². The van der Waals surface area contributed by atoms with Crippen LogP contribution < -0.4 is 16.4 Å². The maximum Gasteiger partial charge on any atom is 0.317 e. The zero-order valence-corrected chi connectivity index (χ0v) is 20.3. The van der Waals surface area contributed by atoms with Crippen LogP contribution in [0, 0.1) is 0 Å². The first-order valence-electron chi connectivity index (χ1n) is 11.9. The van der Waals surface area contributed by atoms with Gasteiger partial charge in [-0.05, 0) is 62.6 Å². The van der Waals surface area contributed by atoms with E-state index in [0.717, 1.165) is 25.1 Å². The Morgan fingerprint density at radius 1 is 1.00 bits per heavy atom. The molecule has 2 heterocycles. The highest BCUT2D eigenvalue weighted by Gasteiger charge is 2.18. The van der Waals surface area contributed by atoms with Crippen molar-refractivity contribution in [3.05, 3.63) is 79.8 Å². The minimum absolute atomic E-state index is 0.184. The number of carbonyl (C=O) groups is 1. The summed E-state index contributed by atoms with van der Waals surface area (Å²) in [6.07, 6.45) is 4.60. The first-order chi connectivity index (χ1) is 16.4. The first-order valence-corrected chi connectivity index (χ1v) is 12.3. The fraction of sp³-hybridized carbons (Fsp3) is 0.423. The number of nitrogens with zero attached hydrogens (tertiary/aromatic N) is 3. The number of amides is 1. The van der Waals surface area contributed by atoms with Gasteiger partial charge in [-0.15, -0.1) is 0 Å². The Bertz CT molecular complexity index is 1270. The third kappa shape index (κ3) is 5.59. The van der Waals surface area contributed by atoms with E-state index in [2.05, 4.69) is 17.1 Å². The van der Waals surface area contributed by atoms with Gasteiger partial charge in [0, 0.05) is 24.2 Å². The monoisotopic (exact) mass is 482 g/mol. The van der Waals surface area contributed by atoms with Crippen LogP contribution in [0.2, 0.25) is 5.02 Å². The van der Waals surface area contributed by atoms with Crippen LogP contribution in [0.25, 0.3) is 11.0 Å². The van der Waals surface area contributed by atoms with Gasteiger partial charge in [0.2, 0.25) is 5.91 Å². The molecule has 4 rings (SSSR count). The van der Waals surface area contributed by atoms with E-state index in [9.17, 15) is 14.4 Å². The summed E-state index contributed by atoms with van der Waals surface area (Å²) in [4.78, 5) is 41.1. The van der Waals surface area contributed by atoms with E-state index >= 15 is 0 Å². The molecule has 3 aromatic rings. The Kier molecular flexibility index (Phi) is 7.85. The molecule has 0 saturated carbocycles. The minimum Gasteiger partial charge on any atom is -0.355 e. The maximum atomic E-state index is 13.0. The van der Waals surface area contributed by atoms with Gasteiger partial charge in [-0.3, -0.25) is 23.5 Å². The van der Waals surface area contributed by atoms with Crippen LogP contribution in [0.1, 0.15) is 38.2 Å². The molecule has 1 aromatic heterocycles.